The molecule has 100 heavy (non-hydrogen) atoms. The van der Waals surface area contributed by atoms with Gasteiger partial charge in [0.1, 0.15) is 17.3 Å². The minimum Gasteiger partial charge on any atom is -0.380 e. The fourth-order valence-corrected chi connectivity index (χ4v) is 8.76. The monoisotopic (exact) mass is 1420 g/mol. The average molecular weight is 1420 g/mol. The Labute approximate surface area is 583 Å². The molecule has 3 N–H and O–H groups in total. The number of nitrogens with zero attached hydrogens (tertiary/aromatic N) is 16. The number of hydrogen-bond acceptors (Lipinski definition) is 25. The van der Waals surface area contributed by atoms with E-state index in [0.29, 0.717) is 115 Å². The van der Waals surface area contributed by atoms with Gasteiger partial charge in [-0.3, -0.25) is 48.1 Å². The molecule has 0 spiro atoms. The molecule has 3 aromatic heterocycles. The number of Topliss-reactive ketones (excluding diaryl/α,β-unsaturated/α-hetero) is 3. The molecule has 0 fully saturated rings. The quantitative estimate of drug-likeness (QED) is 0.0455. The van der Waals surface area contributed by atoms with Crippen molar-refractivity contribution in [3.63, 3.8) is 0 Å². The van der Waals surface area contributed by atoms with Crippen LogP contribution in [0.15, 0.2) is 18.6 Å². The van der Waals surface area contributed by atoms with Crippen LogP contribution in [-0.4, -0.2) is 350 Å². The summed E-state index contributed by atoms with van der Waals surface area (Å²) in [7, 11) is 8.81. The molecule has 0 bridgehead atoms. The number of carbonyl (C=O) groups is 12. The van der Waals surface area contributed by atoms with Gasteiger partial charge < -0.3 is 88.2 Å². The molecule has 0 aliphatic heterocycles. The number of likely N-dealkylation sites (N-methyl/N-ethyl adjacent to an activating group) is 6. The normalized spacial score (nSPS) is 11.1. The van der Waals surface area contributed by atoms with Crippen molar-refractivity contribution in [2.24, 2.45) is 0 Å². The Morgan fingerprint density at radius 1 is 0.330 bits per heavy atom. The molecule has 3 heterocycles. The van der Waals surface area contributed by atoms with Gasteiger partial charge in [-0.25, -0.2) is 14.0 Å². The molecule has 0 unspecified atom stereocenters. The molecule has 0 aromatic carbocycles. The maximum atomic E-state index is 13.0. The van der Waals surface area contributed by atoms with Crippen LogP contribution in [0.1, 0.15) is 76.4 Å². The van der Waals surface area contributed by atoms with Gasteiger partial charge in [-0.15, -0.1) is 15.3 Å². The molecule has 3 rings (SSSR count). The number of nitrogens with one attached hydrogen (secondary N) is 3. The summed E-state index contributed by atoms with van der Waals surface area (Å²) < 4.78 is 39.0. The number of rotatable bonds is 57. The smallest absolute Gasteiger partial charge is 0.242 e. The highest BCUT2D eigenvalue weighted by Gasteiger charge is 2.22. The number of ether oxygens (including phenoxy) is 6. The van der Waals surface area contributed by atoms with E-state index in [9.17, 15) is 57.5 Å². The lowest BCUT2D eigenvalue weighted by atomic mass is 10.2. The van der Waals surface area contributed by atoms with Crippen LogP contribution >= 0.6 is 0 Å². The lowest BCUT2D eigenvalue weighted by molar-refractivity contribution is -0.140. The Morgan fingerprint density at radius 3 is 0.840 bits per heavy atom. The van der Waals surface area contributed by atoms with Gasteiger partial charge in [-0.05, 0) is 40.0 Å². The Morgan fingerprint density at radius 2 is 0.580 bits per heavy atom. The third kappa shape index (κ3) is 39.8. The molecule has 560 valence electrons. The van der Waals surface area contributed by atoms with E-state index >= 15 is 0 Å². The molecule has 37 heteroatoms. The van der Waals surface area contributed by atoms with Gasteiger partial charge >= 0.3 is 0 Å². The number of amides is 9. The van der Waals surface area contributed by atoms with E-state index in [4.69, 9.17) is 28.4 Å². The first-order valence-electron chi connectivity index (χ1n) is 33.4. The zero-order valence-corrected chi connectivity index (χ0v) is 59.7. The molecular formula is C63H105N19O18. The molecule has 0 atom stereocenters. The predicted octanol–water partition coefficient (Wildman–Crippen LogP) is -3.90. The number of carbonyl (C=O) groups excluding carboxylic acids is 12. The SMILES string of the molecule is CC(=O)CCc1cn(CCOCCNC(=O)CN(C)C(=O)CN(C)C(=O)CCOCCN(CCOCCC(=O)N(C)CC(=O)N(C)CC(=O)NCCOCCn2cc(CCC(C)=O)nn2)CCOCCC(=O)N(C)CC(=O)N(C)CC(=O)NCCOCCn2cc(CCC(C)=O)nn2)nn1. The minimum atomic E-state index is -0.452. The lowest BCUT2D eigenvalue weighted by Gasteiger charge is -2.23. The fraction of sp³-hybridized carbons (Fsp3) is 0.714. The summed E-state index contributed by atoms with van der Waals surface area (Å²) in [6.07, 6.45) is 7.87. The van der Waals surface area contributed by atoms with E-state index in [1.54, 1.807) is 32.6 Å². The van der Waals surface area contributed by atoms with Crippen molar-refractivity contribution >= 4 is 70.5 Å². The molecule has 0 radical (unpaired) electrons. The van der Waals surface area contributed by atoms with Crippen molar-refractivity contribution in [3.05, 3.63) is 35.7 Å². The summed E-state index contributed by atoms with van der Waals surface area (Å²) >= 11 is 0. The van der Waals surface area contributed by atoms with E-state index in [1.165, 1.54) is 92.5 Å². The van der Waals surface area contributed by atoms with Gasteiger partial charge in [0.25, 0.3) is 0 Å². The van der Waals surface area contributed by atoms with Crippen molar-refractivity contribution in [1.29, 1.82) is 0 Å². The van der Waals surface area contributed by atoms with Crippen LogP contribution in [-0.2, 0) is 125 Å². The maximum Gasteiger partial charge on any atom is 0.242 e. The van der Waals surface area contributed by atoms with Gasteiger partial charge in [0.2, 0.25) is 53.2 Å². The number of ketones is 3. The van der Waals surface area contributed by atoms with Gasteiger partial charge in [0, 0.05) is 119 Å². The van der Waals surface area contributed by atoms with Crippen LogP contribution < -0.4 is 16.0 Å². The summed E-state index contributed by atoms with van der Waals surface area (Å²) in [4.78, 5) is 159. The van der Waals surface area contributed by atoms with Crippen LogP contribution in [0.2, 0.25) is 0 Å². The van der Waals surface area contributed by atoms with Gasteiger partial charge in [0.15, 0.2) is 0 Å². The number of aryl methyl sites for hydroxylation is 3. The van der Waals surface area contributed by atoms with Gasteiger partial charge in [-0.1, -0.05) is 15.6 Å². The lowest BCUT2D eigenvalue weighted by Crippen LogP contribution is -2.44. The highest BCUT2D eigenvalue weighted by molar-refractivity contribution is 5.90. The molecule has 0 saturated heterocycles. The van der Waals surface area contributed by atoms with E-state index in [-0.39, 0.29) is 173 Å². The van der Waals surface area contributed by atoms with Crippen LogP contribution in [0.3, 0.4) is 0 Å². The highest BCUT2D eigenvalue weighted by Crippen LogP contribution is 2.05. The molecular weight excluding hydrogens is 1310 g/mol. The van der Waals surface area contributed by atoms with Crippen LogP contribution in [0.5, 0.6) is 0 Å². The zero-order chi connectivity index (χ0) is 73.6. The number of aromatic nitrogens is 9. The van der Waals surface area contributed by atoms with Crippen molar-refractivity contribution in [2.75, 3.05) is 200 Å². The summed E-state index contributed by atoms with van der Waals surface area (Å²) in [5.41, 5.74) is 2.14. The fourth-order valence-electron chi connectivity index (χ4n) is 8.76. The standard InChI is InChI=1S/C63H105N19O18/c1-49(83)10-13-52-40-80(70-67-52)25-37-98-31-19-64-55(86)43-73(4)61(92)46-76(7)58(89)16-28-95-34-22-79(23-35-96-29-17-59(90)77(8)47-62(93)74(5)44-56(87)65-20-32-99-38-26-81-41-53(68-71-81)14-11-50(2)84)24-36-97-30-18-60(91)78(9)48-63(94)75(6)45-57(88)66-21-33-100-39-27-82-42-54(69-72-82)15-12-51(3)85/h40-42H,10-39,43-48H2,1-9H3,(H,64,86)(H,65,87)(H,66,88). The van der Waals surface area contributed by atoms with Crippen LogP contribution in [0, 0.1) is 0 Å². The Hall–Kier alpha value is -8.62. The first-order valence-corrected chi connectivity index (χ1v) is 33.4. The van der Waals surface area contributed by atoms with Crippen LogP contribution in [0.25, 0.3) is 0 Å². The number of hydrogen-bond donors (Lipinski definition) is 3. The van der Waals surface area contributed by atoms with E-state index in [0.717, 1.165) is 0 Å². The van der Waals surface area contributed by atoms with Crippen molar-refractivity contribution < 1.29 is 86.0 Å². The van der Waals surface area contributed by atoms with Crippen LogP contribution in [0.4, 0.5) is 0 Å². The Balaban J connectivity index is 1.37. The summed E-state index contributed by atoms with van der Waals surface area (Å²) in [5.74, 6) is -3.44. The second-order valence-corrected chi connectivity index (χ2v) is 23.8. The average Bonchev–Trinajstić information content (AvgIpc) is 1.83. The van der Waals surface area contributed by atoms with Crippen molar-refractivity contribution in [1.82, 2.24) is 95.2 Å². The minimum absolute atomic E-state index is 0.0353. The first-order chi connectivity index (χ1) is 47.8. The largest absolute Gasteiger partial charge is 0.380 e. The molecule has 0 saturated carbocycles. The second kappa shape index (κ2) is 49.8. The van der Waals surface area contributed by atoms with Crippen molar-refractivity contribution in [3.8, 4) is 0 Å². The van der Waals surface area contributed by atoms with Crippen molar-refractivity contribution in [2.45, 2.75) is 98.2 Å². The van der Waals surface area contributed by atoms with E-state index in [1.807, 2.05) is 4.90 Å². The summed E-state index contributed by atoms with van der Waals surface area (Å²) in [6.45, 7) is 8.36. The molecule has 3 aromatic rings. The maximum absolute atomic E-state index is 13.0. The molecule has 0 aliphatic carbocycles. The van der Waals surface area contributed by atoms with Gasteiger partial charge in [0.05, 0.1) is 175 Å². The predicted molar refractivity (Wildman–Crippen MR) is 357 cm³/mol. The Bertz CT molecular complexity index is 2710. The Kier molecular flexibility index (Phi) is 42.7. The highest BCUT2D eigenvalue weighted by atomic mass is 16.5. The molecule has 37 nitrogen and oxygen atoms in total. The van der Waals surface area contributed by atoms with E-state index in [2.05, 4.69) is 46.9 Å². The molecule has 9 amide bonds. The third-order valence-electron chi connectivity index (χ3n) is 14.9. The van der Waals surface area contributed by atoms with E-state index < -0.39 is 35.4 Å². The third-order valence-corrected chi connectivity index (χ3v) is 14.9. The first kappa shape index (κ1) is 85.6. The summed E-state index contributed by atoms with van der Waals surface area (Å²) in [5, 5.41) is 32.2. The zero-order valence-electron chi connectivity index (χ0n) is 59.7. The summed E-state index contributed by atoms with van der Waals surface area (Å²) in [6, 6.07) is 0. The second-order valence-electron chi connectivity index (χ2n) is 23.8. The molecule has 0 aliphatic rings. The van der Waals surface area contributed by atoms with Gasteiger partial charge in [-0.2, -0.15) is 0 Å². The topological polar surface area (TPSA) is 411 Å².